The third-order valence-corrected chi connectivity index (χ3v) is 3.99. The Morgan fingerprint density at radius 1 is 1.44 bits per heavy atom. The number of ether oxygens (including phenoxy) is 1. The number of esters is 1. The van der Waals surface area contributed by atoms with Crippen LogP contribution in [-0.4, -0.2) is 18.8 Å². The van der Waals surface area contributed by atoms with Crippen molar-refractivity contribution in [1.29, 1.82) is 0 Å². The summed E-state index contributed by atoms with van der Waals surface area (Å²) in [4.78, 5) is 11.7. The van der Waals surface area contributed by atoms with Gasteiger partial charge in [0.05, 0.1) is 5.41 Å². The Bertz CT molecular complexity index is 300. The lowest BCUT2D eigenvalue weighted by Crippen LogP contribution is -2.37. The van der Waals surface area contributed by atoms with Crippen molar-refractivity contribution in [1.82, 2.24) is 0 Å². The minimum absolute atomic E-state index is 0.221. The first kappa shape index (κ1) is 11.7. The number of fused-ring (bicyclic) bond motifs is 2. The zero-order valence-corrected chi connectivity index (χ0v) is 9.14. The molecule has 16 heavy (non-hydrogen) atoms. The first-order valence-electron chi connectivity index (χ1n) is 5.55. The lowest BCUT2D eigenvalue weighted by Gasteiger charge is -2.31. The molecule has 0 aliphatic heterocycles. The molecule has 0 saturated heterocycles. The number of hydrogen-bond donors (Lipinski definition) is 0. The Morgan fingerprint density at radius 3 is 2.56 bits per heavy atom. The molecular formula is C11H15F3O2. The van der Waals surface area contributed by atoms with E-state index in [4.69, 9.17) is 0 Å². The average molecular weight is 236 g/mol. The second-order valence-corrected chi connectivity index (χ2v) is 5.19. The summed E-state index contributed by atoms with van der Waals surface area (Å²) < 4.78 is 40.2. The Kier molecular flexibility index (Phi) is 2.67. The number of halogens is 3. The van der Waals surface area contributed by atoms with E-state index in [-0.39, 0.29) is 5.92 Å². The van der Waals surface area contributed by atoms with Gasteiger partial charge in [-0.1, -0.05) is 6.42 Å². The van der Waals surface area contributed by atoms with Crippen molar-refractivity contribution >= 4 is 5.97 Å². The van der Waals surface area contributed by atoms with Crippen LogP contribution < -0.4 is 0 Å². The summed E-state index contributed by atoms with van der Waals surface area (Å²) >= 11 is 0. The van der Waals surface area contributed by atoms with Crippen molar-refractivity contribution in [2.75, 3.05) is 6.61 Å². The minimum Gasteiger partial charge on any atom is -0.456 e. The summed E-state index contributed by atoms with van der Waals surface area (Å²) in [6, 6.07) is 0. The van der Waals surface area contributed by atoms with Gasteiger partial charge < -0.3 is 4.74 Å². The van der Waals surface area contributed by atoms with Gasteiger partial charge in [0.25, 0.3) is 0 Å². The standard InChI is InChI=1S/C11H15F3O2/c1-10(5-7-2-3-8(10)4-7)9(15)16-6-11(12,13)14/h7-8H,2-6H2,1H3. The van der Waals surface area contributed by atoms with E-state index in [9.17, 15) is 18.0 Å². The molecule has 2 aliphatic rings. The number of alkyl halides is 3. The number of carbonyl (C=O) groups excluding carboxylic acids is 1. The molecule has 2 aliphatic carbocycles. The molecule has 0 heterocycles. The molecule has 0 aromatic rings. The molecule has 2 fully saturated rings. The molecule has 0 spiro atoms. The van der Waals surface area contributed by atoms with E-state index in [0.29, 0.717) is 12.3 Å². The molecule has 0 radical (unpaired) electrons. The van der Waals surface area contributed by atoms with Crippen LogP contribution in [0.2, 0.25) is 0 Å². The Labute approximate surface area is 92.1 Å². The summed E-state index contributed by atoms with van der Waals surface area (Å²) in [6.07, 6.45) is -0.718. The normalized spacial score (nSPS) is 37.8. The van der Waals surface area contributed by atoms with Crippen LogP contribution in [0.4, 0.5) is 13.2 Å². The predicted octanol–water partition coefficient (Wildman–Crippen LogP) is 2.92. The Hall–Kier alpha value is -0.740. The van der Waals surface area contributed by atoms with Gasteiger partial charge in [-0.05, 0) is 38.0 Å². The van der Waals surface area contributed by atoms with Crippen molar-refractivity contribution in [3.8, 4) is 0 Å². The second-order valence-electron chi connectivity index (χ2n) is 5.19. The average Bonchev–Trinajstić information content (AvgIpc) is 2.72. The topological polar surface area (TPSA) is 26.3 Å². The smallest absolute Gasteiger partial charge is 0.422 e. The molecule has 3 atom stereocenters. The van der Waals surface area contributed by atoms with Crippen LogP contribution in [0.15, 0.2) is 0 Å². The first-order chi connectivity index (χ1) is 7.31. The fourth-order valence-corrected chi connectivity index (χ4v) is 3.17. The molecule has 0 aromatic heterocycles. The van der Waals surface area contributed by atoms with E-state index >= 15 is 0 Å². The third kappa shape index (κ3) is 2.04. The zero-order chi connectivity index (χ0) is 12.0. The fraction of sp³-hybridized carbons (Fsp3) is 0.909. The van der Waals surface area contributed by atoms with Crippen LogP contribution in [-0.2, 0) is 9.53 Å². The van der Waals surface area contributed by atoms with Gasteiger partial charge in [0.15, 0.2) is 6.61 Å². The highest BCUT2D eigenvalue weighted by atomic mass is 19.4. The summed E-state index contributed by atoms with van der Waals surface area (Å²) in [5.41, 5.74) is -0.672. The van der Waals surface area contributed by atoms with Crippen LogP contribution in [0.25, 0.3) is 0 Å². The highest BCUT2D eigenvalue weighted by molar-refractivity contribution is 5.77. The highest BCUT2D eigenvalue weighted by Crippen LogP contribution is 2.56. The molecule has 3 unspecified atom stereocenters. The molecule has 92 valence electrons. The summed E-state index contributed by atoms with van der Waals surface area (Å²) in [7, 11) is 0. The lowest BCUT2D eigenvalue weighted by molar-refractivity contribution is -0.195. The van der Waals surface area contributed by atoms with E-state index in [2.05, 4.69) is 4.74 Å². The lowest BCUT2D eigenvalue weighted by atomic mass is 9.75. The minimum atomic E-state index is -4.43. The van der Waals surface area contributed by atoms with Crippen molar-refractivity contribution in [2.24, 2.45) is 17.3 Å². The van der Waals surface area contributed by atoms with E-state index < -0.39 is 24.2 Å². The molecule has 0 N–H and O–H groups in total. The molecular weight excluding hydrogens is 221 g/mol. The van der Waals surface area contributed by atoms with Crippen molar-refractivity contribution in [3.05, 3.63) is 0 Å². The number of carbonyl (C=O) groups is 1. The molecule has 0 amide bonds. The zero-order valence-electron chi connectivity index (χ0n) is 9.14. The molecule has 2 rings (SSSR count). The first-order valence-corrected chi connectivity index (χ1v) is 5.55. The maximum atomic E-state index is 11.9. The summed E-state index contributed by atoms with van der Waals surface area (Å²) in [6.45, 7) is 0.286. The molecule has 2 bridgehead atoms. The predicted molar refractivity (Wildman–Crippen MR) is 50.6 cm³/mol. The summed E-state index contributed by atoms with van der Waals surface area (Å²) in [5, 5.41) is 0. The van der Waals surface area contributed by atoms with Gasteiger partial charge in [-0.3, -0.25) is 4.79 Å². The van der Waals surface area contributed by atoms with Crippen molar-refractivity contribution < 1.29 is 22.7 Å². The molecule has 5 heteroatoms. The van der Waals surface area contributed by atoms with Crippen LogP contribution >= 0.6 is 0 Å². The molecule has 2 nitrogen and oxygen atoms in total. The van der Waals surface area contributed by atoms with E-state index in [1.807, 2.05) is 0 Å². The van der Waals surface area contributed by atoms with E-state index in [0.717, 1.165) is 19.3 Å². The van der Waals surface area contributed by atoms with E-state index in [1.54, 1.807) is 6.92 Å². The quantitative estimate of drug-likeness (QED) is 0.689. The Morgan fingerprint density at radius 2 is 2.12 bits per heavy atom. The largest absolute Gasteiger partial charge is 0.456 e. The van der Waals surface area contributed by atoms with Gasteiger partial charge in [-0.2, -0.15) is 13.2 Å². The summed E-state index contributed by atoms with van der Waals surface area (Å²) in [5.74, 6) is 0.0590. The van der Waals surface area contributed by atoms with Crippen LogP contribution in [0, 0.1) is 17.3 Å². The third-order valence-electron chi connectivity index (χ3n) is 3.99. The Balaban J connectivity index is 1.95. The van der Waals surface area contributed by atoms with Crippen LogP contribution in [0.5, 0.6) is 0 Å². The number of hydrogen-bond acceptors (Lipinski definition) is 2. The second kappa shape index (κ2) is 3.64. The fourth-order valence-electron chi connectivity index (χ4n) is 3.17. The molecule has 2 saturated carbocycles. The van der Waals surface area contributed by atoms with Crippen LogP contribution in [0.3, 0.4) is 0 Å². The SMILES string of the molecule is CC1(C(=O)OCC(F)(F)F)CC2CCC1C2. The monoisotopic (exact) mass is 236 g/mol. The van der Waals surface area contributed by atoms with Crippen molar-refractivity contribution in [3.63, 3.8) is 0 Å². The highest BCUT2D eigenvalue weighted by Gasteiger charge is 2.53. The van der Waals surface area contributed by atoms with Gasteiger partial charge in [0, 0.05) is 0 Å². The number of rotatable bonds is 2. The van der Waals surface area contributed by atoms with Gasteiger partial charge in [-0.25, -0.2) is 0 Å². The van der Waals surface area contributed by atoms with Gasteiger partial charge in [0.2, 0.25) is 0 Å². The maximum Gasteiger partial charge on any atom is 0.422 e. The maximum absolute atomic E-state index is 11.9. The van der Waals surface area contributed by atoms with E-state index in [1.165, 1.54) is 0 Å². The van der Waals surface area contributed by atoms with Gasteiger partial charge in [0.1, 0.15) is 0 Å². The van der Waals surface area contributed by atoms with Gasteiger partial charge >= 0.3 is 12.1 Å². The molecule has 0 aromatic carbocycles. The van der Waals surface area contributed by atoms with Crippen LogP contribution in [0.1, 0.15) is 32.6 Å². The van der Waals surface area contributed by atoms with Gasteiger partial charge in [-0.15, -0.1) is 0 Å². The van der Waals surface area contributed by atoms with Crippen molar-refractivity contribution in [2.45, 2.75) is 38.8 Å².